The summed E-state index contributed by atoms with van der Waals surface area (Å²) in [6.07, 6.45) is -1.60. The zero-order valence-electron chi connectivity index (χ0n) is 8.06. The van der Waals surface area contributed by atoms with E-state index in [1.807, 2.05) is 0 Å². The molecule has 3 nitrogen and oxygen atoms in total. The van der Waals surface area contributed by atoms with E-state index in [1.165, 1.54) is 0 Å². The normalized spacial score (nSPS) is 23.0. The van der Waals surface area contributed by atoms with Crippen LogP contribution in [-0.2, 0) is 6.18 Å². The number of halogens is 3. The average molecular weight is 219 g/mol. The summed E-state index contributed by atoms with van der Waals surface area (Å²) in [4.78, 5) is 6.14. The molecule has 6 heteroatoms. The van der Waals surface area contributed by atoms with E-state index in [9.17, 15) is 13.2 Å². The van der Waals surface area contributed by atoms with Gasteiger partial charge in [-0.2, -0.15) is 13.2 Å². The lowest BCUT2D eigenvalue weighted by Crippen LogP contribution is -2.29. The molecule has 1 aliphatic heterocycles. The Balaban J connectivity index is 2.12. The molecule has 2 N–H and O–H groups in total. The molecular formula is C9H12F3N3. The molecule has 1 aromatic heterocycles. The third-order valence-electron chi connectivity index (χ3n) is 2.58. The van der Waals surface area contributed by atoms with E-state index in [0.717, 1.165) is 25.6 Å². The fourth-order valence-electron chi connectivity index (χ4n) is 1.77. The topological polar surface area (TPSA) is 40.7 Å². The maximum Gasteiger partial charge on any atom is 0.432 e. The Morgan fingerprint density at radius 1 is 1.40 bits per heavy atom. The van der Waals surface area contributed by atoms with Crippen LogP contribution in [0.4, 0.5) is 13.2 Å². The molecule has 0 saturated carbocycles. The van der Waals surface area contributed by atoms with Gasteiger partial charge in [-0.25, -0.2) is 4.98 Å². The standard InChI is InChI=1S/C9H12F3N3/c10-9(11,12)7-5-14-8(15-7)6-2-1-3-13-4-6/h5-6,13H,1-4H2,(H,14,15). The molecule has 0 radical (unpaired) electrons. The highest BCUT2D eigenvalue weighted by Gasteiger charge is 2.33. The first-order valence-electron chi connectivity index (χ1n) is 4.90. The van der Waals surface area contributed by atoms with Gasteiger partial charge in [-0.15, -0.1) is 0 Å². The maximum absolute atomic E-state index is 12.3. The van der Waals surface area contributed by atoms with Crippen molar-refractivity contribution < 1.29 is 13.2 Å². The van der Waals surface area contributed by atoms with E-state index in [2.05, 4.69) is 15.3 Å². The van der Waals surface area contributed by atoms with Crippen molar-refractivity contribution in [3.8, 4) is 0 Å². The van der Waals surface area contributed by atoms with Crippen LogP contribution in [-0.4, -0.2) is 23.1 Å². The number of piperidine rings is 1. The summed E-state index contributed by atoms with van der Waals surface area (Å²) < 4.78 is 36.8. The summed E-state index contributed by atoms with van der Waals surface area (Å²) in [5.74, 6) is 0.518. The lowest BCUT2D eigenvalue weighted by atomic mass is 9.99. The molecule has 0 spiro atoms. The molecule has 2 rings (SSSR count). The number of imidazole rings is 1. The third-order valence-corrected chi connectivity index (χ3v) is 2.58. The van der Waals surface area contributed by atoms with Crippen molar-refractivity contribution in [2.75, 3.05) is 13.1 Å². The molecule has 0 bridgehead atoms. The molecule has 0 aliphatic carbocycles. The van der Waals surface area contributed by atoms with Gasteiger partial charge in [-0.1, -0.05) is 0 Å². The SMILES string of the molecule is FC(F)(F)c1cnc(C2CCCNC2)[nH]1. The zero-order chi connectivity index (χ0) is 10.9. The van der Waals surface area contributed by atoms with Gasteiger partial charge in [0.1, 0.15) is 11.5 Å². The van der Waals surface area contributed by atoms with Gasteiger partial charge in [0.15, 0.2) is 0 Å². The summed E-state index contributed by atoms with van der Waals surface area (Å²) in [6, 6.07) is 0. The van der Waals surface area contributed by atoms with Crippen LogP contribution in [0.2, 0.25) is 0 Å². The van der Waals surface area contributed by atoms with Crippen molar-refractivity contribution in [3.63, 3.8) is 0 Å². The number of alkyl halides is 3. The lowest BCUT2D eigenvalue weighted by Gasteiger charge is -2.20. The number of hydrogen-bond donors (Lipinski definition) is 2. The van der Waals surface area contributed by atoms with Crippen molar-refractivity contribution in [2.45, 2.75) is 24.9 Å². The molecule has 1 saturated heterocycles. The van der Waals surface area contributed by atoms with Crippen LogP contribution in [0.1, 0.15) is 30.3 Å². The van der Waals surface area contributed by atoms with Crippen LogP contribution in [0.3, 0.4) is 0 Å². The molecule has 0 amide bonds. The van der Waals surface area contributed by atoms with Gasteiger partial charge < -0.3 is 10.3 Å². The summed E-state index contributed by atoms with van der Waals surface area (Å²) in [5.41, 5.74) is -0.761. The van der Waals surface area contributed by atoms with Gasteiger partial charge in [-0.05, 0) is 19.4 Å². The Labute approximate surface area is 85.1 Å². The summed E-state index contributed by atoms with van der Waals surface area (Å²) in [6.45, 7) is 1.63. The minimum Gasteiger partial charge on any atom is -0.338 e. The van der Waals surface area contributed by atoms with E-state index in [4.69, 9.17) is 0 Å². The van der Waals surface area contributed by atoms with Crippen LogP contribution >= 0.6 is 0 Å². The smallest absolute Gasteiger partial charge is 0.338 e. The van der Waals surface area contributed by atoms with Crippen molar-refractivity contribution in [2.24, 2.45) is 0 Å². The second-order valence-electron chi connectivity index (χ2n) is 3.72. The Hall–Kier alpha value is -1.04. The van der Waals surface area contributed by atoms with Crippen LogP contribution in [0, 0.1) is 0 Å². The molecule has 1 aliphatic rings. The summed E-state index contributed by atoms with van der Waals surface area (Å²) >= 11 is 0. The van der Waals surface area contributed by atoms with E-state index in [-0.39, 0.29) is 5.92 Å². The lowest BCUT2D eigenvalue weighted by molar-refractivity contribution is -0.141. The average Bonchev–Trinajstić information content (AvgIpc) is 2.67. The third kappa shape index (κ3) is 2.31. The van der Waals surface area contributed by atoms with Gasteiger partial charge in [-0.3, -0.25) is 0 Å². The molecule has 1 unspecified atom stereocenters. The molecule has 0 aromatic carbocycles. The number of hydrogen-bond acceptors (Lipinski definition) is 2. The Bertz CT molecular complexity index is 326. The van der Waals surface area contributed by atoms with Crippen molar-refractivity contribution >= 4 is 0 Å². The first-order chi connectivity index (χ1) is 7.07. The van der Waals surface area contributed by atoms with Gasteiger partial charge in [0, 0.05) is 12.5 Å². The summed E-state index contributed by atoms with van der Waals surface area (Å²) in [5, 5.41) is 3.14. The second-order valence-corrected chi connectivity index (χ2v) is 3.72. The second kappa shape index (κ2) is 3.84. The number of aromatic nitrogens is 2. The monoisotopic (exact) mass is 219 g/mol. The first kappa shape index (κ1) is 10.5. The van der Waals surface area contributed by atoms with E-state index in [0.29, 0.717) is 12.4 Å². The molecule has 84 valence electrons. The molecular weight excluding hydrogens is 207 g/mol. The van der Waals surface area contributed by atoms with Crippen LogP contribution in [0.5, 0.6) is 0 Å². The molecule has 1 fully saturated rings. The summed E-state index contributed by atoms with van der Waals surface area (Å²) in [7, 11) is 0. The van der Waals surface area contributed by atoms with Gasteiger partial charge in [0.2, 0.25) is 0 Å². The predicted molar refractivity (Wildman–Crippen MR) is 48.4 cm³/mol. The predicted octanol–water partition coefficient (Wildman–Crippen LogP) is 1.90. The largest absolute Gasteiger partial charge is 0.432 e. The number of rotatable bonds is 1. The van der Waals surface area contributed by atoms with Crippen LogP contribution in [0.15, 0.2) is 6.20 Å². The highest BCUT2D eigenvalue weighted by Crippen LogP contribution is 2.29. The number of nitrogens with one attached hydrogen (secondary N) is 2. The fraction of sp³-hybridized carbons (Fsp3) is 0.667. The minimum atomic E-state index is -4.33. The zero-order valence-corrected chi connectivity index (χ0v) is 8.06. The fourth-order valence-corrected chi connectivity index (χ4v) is 1.77. The van der Waals surface area contributed by atoms with E-state index < -0.39 is 11.9 Å². The quantitative estimate of drug-likeness (QED) is 0.757. The Kier molecular flexibility index (Phi) is 2.68. The highest BCUT2D eigenvalue weighted by molar-refractivity contribution is 5.09. The van der Waals surface area contributed by atoms with Crippen molar-refractivity contribution in [1.82, 2.24) is 15.3 Å². The number of H-pyrrole nitrogens is 1. The van der Waals surface area contributed by atoms with Gasteiger partial charge >= 0.3 is 6.18 Å². The van der Waals surface area contributed by atoms with Crippen LogP contribution < -0.4 is 5.32 Å². The molecule has 15 heavy (non-hydrogen) atoms. The Morgan fingerprint density at radius 2 is 2.20 bits per heavy atom. The molecule has 1 aromatic rings. The van der Waals surface area contributed by atoms with Crippen LogP contribution in [0.25, 0.3) is 0 Å². The molecule has 2 heterocycles. The van der Waals surface area contributed by atoms with E-state index >= 15 is 0 Å². The number of nitrogens with zero attached hydrogens (tertiary/aromatic N) is 1. The first-order valence-corrected chi connectivity index (χ1v) is 4.90. The van der Waals surface area contributed by atoms with Crippen molar-refractivity contribution in [3.05, 3.63) is 17.7 Å². The number of aromatic amines is 1. The minimum absolute atomic E-state index is 0.0786. The van der Waals surface area contributed by atoms with Gasteiger partial charge in [0.25, 0.3) is 0 Å². The van der Waals surface area contributed by atoms with Crippen molar-refractivity contribution in [1.29, 1.82) is 0 Å². The Morgan fingerprint density at radius 3 is 2.73 bits per heavy atom. The maximum atomic E-state index is 12.3. The molecule has 1 atom stereocenters. The van der Waals surface area contributed by atoms with Gasteiger partial charge in [0.05, 0.1) is 6.20 Å². The highest BCUT2D eigenvalue weighted by atomic mass is 19.4. The van der Waals surface area contributed by atoms with E-state index in [1.54, 1.807) is 0 Å².